The fourth-order valence-corrected chi connectivity index (χ4v) is 3.16. The molecule has 0 aliphatic carbocycles. The van der Waals surface area contributed by atoms with Gasteiger partial charge in [0.1, 0.15) is 18.4 Å². The van der Waals surface area contributed by atoms with Gasteiger partial charge in [0.2, 0.25) is 0 Å². The molecule has 1 saturated heterocycles. The Morgan fingerprint density at radius 1 is 1.12 bits per heavy atom. The number of piperidine rings is 1. The van der Waals surface area contributed by atoms with Crippen molar-refractivity contribution in [1.82, 2.24) is 0 Å². The summed E-state index contributed by atoms with van der Waals surface area (Å²) in [6.45, 7) is 11.7. The molecule has 1 aromatic carbocycles. The number of benzene rings is 1. The van der Waals surface area contributed by atoms with E-state index >= 15 is 0 Å². The van der Waals surface area contributed by atoms with Gasteiger partial charge in [0.25, 0.3) is 0 Å². The molecular weight excluding hydrogens is 302 g/mol. The Morgan fingerprint density at radius 2 is 1.75 bits per heavy atom. The zero-order chi connectivity index (χ0) is 17.6. The normalized spacial score (nSPS) is 17.3. The lowest BCUT2D eigenvalue weighted by molar-refractivity contribution is -0.907. The topological polar surface area (TPSA) is 40.0 Å². The second-order valence-corrected chi connectivity index (χ2v) is 7.88. The lowest BCUT2D eigenvalue weighted by Crippen LogP contribution is -3.13. The first-order valence-corrected chi connectivity index (χ1v) is 9.11. The molecule has 4 nitrogen and oxygen atoms in total. The SMILES string of the molecule is C[C@@H](C[NH+]1CCCCC1)OC(=O)COc1ccc(C(C)(C)C)cc1. The van der Waals surface area contributed by atoms with E-state index in [9.17, 15) is 4.79 Å². The van der Waals surface area contributed by atoms with E-state index in [2.05, 4.69) is 20.8 Å². The predicted molar refractivity (Wildman–Crippen MR) is 95.6 cm³/mol. The number of carbonyl (C=O) groups is 1. The minimum atomic E-state index is -0.293. The van der Waals surface area contributed by atoms with Crippen LogP contribution >= 0.6 is 0 Å². The van der Waals surface area contributed by atoms with Crippen LogP contribution in [0.3, 0.4) is 0 Å². The molecule has 1 N–H and O–H groups in total. The van der Waals surface area contributed by atoms with Crippen molar-refractivity contribution in [3.8, 4) is 5.75 Å². The number of nitrogens with one attached hydrogen (secondary N) is 1. The molecule has 0 bridgehead atoms. The Bertz CT molecular complexity index is 513. The third kappa shape index (κ3) is 6.16. The highest BCUT2D eigenvalue weighted by molar-refractivity contribution is 5.71. The van der Waals surface area contributed by atoms with Crippen LogP contribution in [-0.2, 0) is 14.9 Å². The smallest absolute Gasteiger partial charge is 0.344 e. The monoisotopic (exact) mass is 334 g/mol. The lowest BCUT2D eigenvalue weighted by Gasteiger charge is -2.26. The number of rotatable bonds is 6. The van der Waals surface area contributed by atoms with Crippen molar-refractivity contribution in [2.75, 3.05) is 26.2 Å². The highest BCUT2D eigenvalue weighted by Gasteiger charge is 2.19. The van der Waals surface area contributed by atoms with E-state index in [1.54, 1.807) is 4.90 Å². The van der Waals surface area contributed by atoms with Gasteiger partial charge in [0.05, 0.1) is 13.1 Å². The van der Waals surface area contributed by atoms with Gasteiger partial charge in [-0.2, -0.15) is 0 Å². The summed E-state index contributed by atoms with van der Waals surface area (Å²) < 4.78 is 11.0. The average molecular weight is 334 g/mol. The molecule has 4 heteroatoms. The molecule has 1 aliphatic heterocycles. The van der Waals surface area contributed by atoms with E-state index < -0.39 is 0 Å². The minimum Gasteiger partial charge on any atom is -0.482 e. The molecule has 24 heavy (non-hydrogen) atoms. The number of carbonyl (C=O) groups excluding carboxylic acids is 1. The van der Waals surface area contributed by atoms with Crippen molar-refractivity contribution >= 4 is 5.97 Å². The first-order chi connectivity index (χ1) is 11.3. The summed E-state index contributed by atoms with van der Waals surface area (Å²) in [6.07, 6.45) is 3.84. The molecule has 0 saturated carbocycles. The summed E-state index contributed by atoms with van der Waals surface area (Å²) in [5.41, 5.74) is 1.36. The molecule has 1 atom stereocenters. The Balaban J connectivity index is 1.72. The van der Waals surface area contributed by atoms with Crippen molar-refractivity contribution in [2.45, 2.75) is 58.5 Å². The Hall–Kier alpha value is -1.55. The van der Waals surface area contributed by atoms with Crippen LogP contribution in [0.2, 0.25) is 0 Å². The number of hydrogen-bond acceptors (Lipinski definition) is 3. The number of likely N-dealkylation sites (tertiary alicyclic amines) is 1. The molecule has 1 aliphatic rings. The highest BCUT2D eigenvalue weighted by Crippen LogP contribution is 2.24. The third-order valence-electron chi connectivity index (χ3n) is 4.55. The number of quaternary nitrogens is 1. The van der Waals surface area contributed by atoms with Crippen LogP contribution in [0.1, 0.15) is 52.5 Å². The maximum absolute atomic E-state index is 11.9. The molecule has 1 aromatic rings. The maximum atomic E-state index is 11.9. The molecule has 0 spiro atoms. The van der Waals surface area contributed by atoms with E-state index in [-0.39, 0.29) is 24.1 Å². The maximum Gasteiger partial charge on any atom is 0.344 e. The van der Waals surface area contributed by atoms with Crippen molar-refractivity contribution in [3.05, 3.63) is 29.8 Å². The van der Waals surface area contributed by atoms with E-state index in [1.165, 1.54) is 37.9 Å². The molecule has 0 amide bonds. The minimum absolute atomic E-state index is 0.0332. The van der Waals surface area contributed by atoms with Crippen molar-refractivity contribution < 1.29 is 19.2 Å². The summed E-state index contributed by atoms with van der Waals surface area (Å²) in [5.74, 6) is 0.410. The van der Waals surface area contributed by atoms with Gasteiger partial charge in [-0.25, -0.2) is 4.79 Å². The Kier molecular flexibility index (Phi) is 6.67. The van der Waals surface area contributed by atoms with Crippen LogP contribution in [0.15, 0.2) is 24.3 Å². The third-order valence-corrected chi connectivity index (χ3v) is 4.55. The summed E-state index contributed by atoms with van der Waals surface area (Å²) in [5, 5.41) is 0. The van der Waals surface area contributed by atoms with Gasteiger partial charge in [-0.1, -0.05) is 32.9 Å². The van der Waals surface area contributed by atoms with Crippen LogP contribution in [-0.4, -0.2) is 38.3 Å². The van der Waals surface area contributed by atoms with Gasteiger partial charge in [0.15, 0.2) is 6.61 Å². The van der Waals surface area contributed by atoms with E-state index in [0.717, 1.165) is 6.54 Å². The predicted octanol–water partition coefficient (Wildman–Crippen LogP) is 2.36. The molecule has 0 aromatic heterocycles. The van der Waals surface area contributed by atoms with E-state index in [4.69, 9.17) is 9.47 Å². The number of ether oxygens (including phenoxy) is 2. The van der Waals surface area contributed by atoms with Crippen molar-refractivity contribution in [3.63, 3.8) is 0 Å². The van der Waals surface area contributed by atoms with Crippen LogP contribution in [0.5, 0.6) is 5.75 Å². The summed E-state index contributed by atoms with van der Waals surface area (Å²) in [4.78, 5) is 13.5. The molecule has 134 valence electrons. The largest absolute Gasteiger partial charge is 0.482 e. The van der Waals surface area contributed by atoms with Crippen molar-refractivity contribution in [2.24, 2.45) is 0 Å². The second kappa shape index (κ2) is 8.52. The van der Waals surface area contributed by atoms with Gasteiger partial charge < -0.3 is 14.4 Å². The summed E-state index contributed by atoms with van der Waals surface area (Å²) in [7, 11) is 0. The van der Waals surface area contributed by atoms with Crippen LogP contribution < -0.4 is 9.64 Å². The molecule has 0 radical (unpaired) electrons. The lowest BCUT2D eigenvalue weighted by atomic mass is 9.87. The van der Waals surface area contributed by atoms with Crippen LogP contribution in [0, 0.1) is 0 Å². The Labute approximate surface area is 146 Å². The van der Waals surface area contributed by atoms with Gasteiger partial charge in [-0.15, -0.1) is 0 Å². The van der Waals surface area contributed by atoms with Crippen molar-refractivity contribution in [1.29, 1.82) is 0 Å². The molecular formula is C20H32NO3+. The summed E-state index contributed by atoms with van der Waals surface area (Å²) >= 11 is 0. The highest BCUT2D eigenvalue weighted by atomic mass is 16.6. The van der Waals surface area contributed by atoms with Crippen LogP contribution in [0.25, 0.3) is 0 Å². The van der Waals surface area contributed by atoms with Gasteiger partial charge in [-0.05, 0) is 49.3 Å². The fourth-order valence-electron chi connectivity index (χ4n) is 3.16. The average Bonchev–Trinajstić information content (AvgIpc) is 2.53. The number of hydrogen-bond donors (Lipinski definition) is 1. The molecule has 2 rings (SSSR count). The first-order valence-electron chi connectivity index (χ1n) is 9.11. The zero-order valence-corrected chi connectivity index (χ0v) is 15.6. The Morgan fingerprint density at radius 3 is 2.33 bits per heavy atom. The number of esters is 1. The first kappa shape index (κ1) is 18.8. The van der Waals surface area contributed by atoms with Gasteiger partial charge in [-0.3, -0.25) is 0 Å². The second-order valence-electron chi connectivity index (χ2n) is 7.88. The molecule has 0 unspecified atom stereocenters. The standard InChI is InChI=1S/C20H31NO3/c1-16(14-21-12-6-5-7-13-21)24-19(22)15-23-18-10-8-17(9-11-18)20(2,3)4/h8-11,16H,5-7,12-15H2,1-4H3/p+1/t16-/m0/s1. The van der Waals surface area contributed by atoms with Gasteiger partial charge in [0, 0.05) is 0 Å². The van der Waals surface area contributed by atoms with E-state index in [0.29, 0.717) is 5.75 Å². The van der Waals surface area contributed by atoms with Crippen LogP contribution in [0.4, 0.5) is 0 Å². The quantitative estimate of drug-likeness (QED) is 0.812. The van der Waals surface area contributed by atoms with Gasteiger partial charge >= 0.3 is 5.97 Å². The zero-order valence-electron chi connectivity index (χ0n) is 15.6. The summed E-state index contributed by atoms with van der Waals surface area (Å²) in [6, 6.07) is 7.91. The fraction of sp³-hybridized carbons (Fsp3) is 0.650. The molecule has 1 fully saturated rings. The van der Waals surface area contributed by atoms with E-state index in [1.807, 2.05) is 31.2 Å². The molecule has 1 heterocycles.